The minimum absolute atomic E-state index is 0.219. The Bertz CT molecular complexity index is 1490. The predicted octanol–water partition coefficient (Wildman–Crippen LogP) is 3.73. The van der Waals surface area contributed by atoms with E-state index in [1.807, 2.05) is 6.07 Å². The molecule has 5 heterocycles. The van der Waals surface area contributed by atoms with E-state index in [0.717, 1.165) is 90.2 Å². The van der Waals surface area contributed by atoms with Gasteiger partial charge in [0.2, 0.25) is 0 Å². The first-order chi connectivity index (χ1) is 18.3. The summed E-state index contributed by atoms with van der Waals surface area (Å²) in [6.07, 6.45) is 2.63. The van der Waals surface area contributed by atoms with Crippen LogP contribution < -0.4 is 9.64 Å². The Hall–Kier alpha value is -3.04. The number of fused-ring (bicyclic) bond motifs is 1. The molecule has 6 rings (SSSR count). The predicted molar refractivity (Wildman–Crippen MR) is 134 cm³/mol. The minimum atomic E-state index is -4.50. The molecule has 9 nitrogen and oxygen atoms in total. The first-order valence-corrected chi connectivity index (χ1v) is 15.0. The van der Waals surface area contributed by atoms with Crippen molar-refractivity contribution in [3.63, 3.8) is 0 Å². The van der Waals surface area contributed by atoms with Crippen LogP contribution in [-0.2, 0) is 30.3 Å². The third-order valence-electron chi connectivity index (χ3n) is 7.02. The van der Waals surface area contributed by atoms with E-state index >= 15 is 0 Å². The van der Waals surface area contributed by atoms with Crippen LogP contribution in [0.3, 0.4) is 0 Å². The molecular weight excluding hydrogens is 693 g/mol. The van der Waals surface area contributed by atoms with Crippen LogP contribution in [-0.4, -0.2) is 73.7 Å². The first-order valence-electron chi connectivity index (χ1n) is 12.2. The van der Waals surface area contributed by atoms with Gasteiger partial charge >= 0.3 is 201 Å². The number of nitrogens with zero attached hydrogens (tertiary/aromatic N) is 8. The summed E-state index contributed by atoms with van der Waals surface area (Å²) in [6, 6.07) is 3.60. The Morgan fingerprint density at radius 2 is 1.97 bits per heavy atom. The maximum atomic E-state index is 13.1. The van der Waals surface area contributed by atoms with Gasteiger partial charge in [-0.25, -0.2) is 0 Å². The number of aryl methyl sites for hydroxylation is 1. The van der Waals surface area contributed by atoms with Gasteiger partial charge in [-0.05, 0) is 0 Å². The van der Waals surface area contributed by atoms with Crippen LogP contribution in [0.2, 0.25) is 0 Å². The molecule has 4 aromatic rings. The third-order valence-corrected chi connectivity index (χ3v) is 8.18. The molecule has 4 aromatic heterocycles. The molecule has 3 radical (unpaired) electrons. The Labute approximate surface area is 232 Å². The molecule has 0 aromatic carbocycles. The van der Waals surface area contributed by atoms with E-state index in [9.17, 15) is 13.2 Å². The van der Waals surface area contributed by atoms with Crippen molar-refractivity contribution in [3.05, 3.63) is 53.5 Å². The van der Waals surface area contributed by atoms with Gasteiger partial charge in [-0.2, -0.15) is 13.2 Å². The van der Waals surface area contributed by atoms with E-state index < -0.39 is 11.9 Å². The second kappa shape index (κ2) is 9.61. The number of hydrogen-bond donors (Lipinski definition) is 0. The van der Waals surface area contributed by atoms with Gasteiger partial charge < -0.3 is 0 Å². The van der Waals surface area contributed by atoms with Crippen molar-refractivity contribution in [3.8, 4) is 28.5 Å². The standard InChI is InChI=1S/C25H24F3N8O.Pb/c1-34-12-18(25(26,27)28)32-23(34)15-6-7-19(29-10-15)36-9-8-17-16(11-36)22(33-35(17)2)20-21(14-4-5-14)30-13-31-24(20)37-3;/h6-7,10,12-14H,2,4-5,8-9,11H2,1,3H3;. The number of alkyl halides is 3. The number of methoxy groups -OCH3 is 1. The average Bonchev–Trinajstić information content (AvgIpc) is 3.59. The molecule has 1 aliphatic heterocycles. The summed E-state index contributed by atoms with van der Waals surface area (Å²) < 4.78 is 49.3. The van der Waals surface area contributed by atoms with Crippen LogP contribution in [0.25, 0.3) is 22.6 Å². The van der Waals surface area contributed by atoms with Gasteiger partial charge in [0.1, 0.15) is 0 Å². The number of aromatic nitrogens is 7. The molecule has 1 fully saturated rings. The van der Waals surface area contributed by atoms with Crippen molar-refractivity contribution < 1.29 is 17.9 Å². The van der Waals surface area contributed by atoms with Crippen LogP contribution in [0.4, 0.5) is 19.0 Å². The van der Waals surface area contributed by atoms with Crippen molar-refractivity contribution in [2.45, 2.75) is 42.0 Å². The fraction of sp³-hybridized carbons (Fsp3) is 0.400. The Morgan fingerprint density at radius 1 is 1.16 bits per heavy atom. The van der Waals surface area contributed by atoms with Crippen molar-refractivity contribution in [2.75, 3.05) is 18.6 Å². The molecule has 0 atom stereocenters. The van der Waals surface area contributed by atoms with E-state index in [2.05, 4.69) is 29.5 Å². The fourth-order valence-corrected chi connectivity index (χ4v) is 6.04. The number of ether oxygens (including phenoxy) is 1. The summed E-state index contributed by atoms with van der Waals surface area (Å²) in [4.78, 5) is 19.6. The Morgan fingerprint density at radius 3 is 2.61 bits per heavy atom. The number of anilines is 1. The summed E-state index contributed by atoms with van der Waals surface area (Å²) >= 11 is 0.975. The first kappa shape index (κ1) is 25.3. The monoisotopic (exact) mass is 717 g/mol. The summed E-state index contributed by atoms with van der Waals surface area (Å²) in [7, 11) is 3.17. The van der Waals surface area contributed by atoms with Gasteiger partial charge in [0, 0.05) is 13.2 Å². The van der Waals surface area contributed by atoms with Gasteiger partial charge in [0.05, 0.1) is 0 Å². The van der Waals surface area contributed by atoms with E-state index in [1.165, 1.54) is 10.3 Å². The van der Waals surface area contributed by atoms with E-state index in [-0.39, 0.29) is 5.82 Å². The molecule has 1 saturated carbocycles. The van der Waals surface area contributed by atoms with Crippen LogP contribution in [0.15, 0.2) is 30.9 Å². The molecule has 13 heteroatoms. The molecule has 0 saturated heterocycles. The topological polar surface area (TPSA) is 86.8 Å². The zero-order valence-corrected chi connectivity index (χ0v) is 24.7. The van der Waals surface area contributed by atoms with Crippen LogP contribution >= 0.6 is 0 Å². The molecule has 0 spiro atoms. The maximum absolute atomic E-state index is 13.1. The van der Waals surface area contributed by atoms with Crippen LogP contribution in [0, 0.1) is 0 Å². The number of rotatable bonds is 6. The quantitative estimate of drug-likeness (QED) is 0.282. The van der Waals surface area contributed by atoms with Gasteiger partial charge in [0.25, 0.3) is 0 Å². The Balaban J connectivity index is 1.34. The zero-order chi connectivity index (χ0) is 26.6. The molecule has 38 heavy (non-hydrogen) atoms. The Kier molecular flexibility index (Phi) is 6.39. The van der Waals surface area contributed by atoms with Crippen molar-refractivity contribution in [1.82, 2.24) is 34.3 Å². The average molecular weight is 717 g/mol. The molecule has 0 amide bonds. The summed E-state index contributed by atoms with van der Waals surface area (Å²) in [5, 5.41) is 5.02. The molecule has 0 N–H and O–H groups in total. The zero-order valence-electron chi connectivity index (χ0n) is 20.8. The second-order valence-corrected chi connectivity index (χ2v) is 10.7. The van der Waals surface area contributed by atoms with Gasteiger partial charge in [0.15, 0.2) is 5.69 Å². The summed E-state index contributed by atoms with van der Waals surface area (Å²) in [6.45, 7) is 1.35. The van der Waals surface area contributed by atoms with Crippen LogP contribution in [0.5, 0.6) is 5.88 Å². The normalized spacial score (nSPS) is 15.6. The van der Waals surface area contributed by atoms with Crippen molar-refractivity contribution >= 4 is 31.6 Å². The van der Waals surface area contributed by atoms with E-state index in [1.54, 1.807) is 32.7 Å². The molecule has 0 bridgehead atoms. The third kappa shape index (κ3) is 4.45. The SMILES string of the molecule is COc1ncnc(C2CC2)c1-c1nn([CH2][Pb])c2c1CN(c1ccc(-c3nc(C(F)(F)F)cn3C)cn1)CC2. The van der Waals surface area contributed by atoms with Crippen LogP contribution in [0.1, 0.15) is 41.4 Å². The van der Waals surface area contributed by atoms with E-state index in [4.69, 9.17) is 9.84 Å². The fourth-order valence-electron chi connectivity index (χ4n) is 5.02. The van der Waals surface area contributed by atoms with Crippen molar-refractivity contribution in [2.24, 2.45) is 7.05 Å². The molecule has 0 unspecified atom stereocenters. The molecular formula is C25H24F3N8OPb. The number of hydrogen-bond acceptors (Lipinski definition) is 7. The summed E-state index contributed by atoms with van der Waals surface area (Å²) in [5.41, 5.74) is 4.67. The van der Waals surface area contributed by atoms with Crippen molar-refractivity contribution in [1.29, 1.82) is 0 Å². The number of pyridine rings is 1. The summed E-state index contributed by atoms with van der Waals surface area (Å²) in [5.74, 6) is 1.90. The molecule has 2 aliphatic rings. The number of imidazole rings is 1. The van der Waals surface area contributed by atoms with Gasteiger partial charge in [-0.15, -0.1) is 0 Å². The number of halogens is 3. The molecule has 195 valence electrons. The van der Waals surface area contributed by atoms with Gasteiger partial charge in [-0.3, -0.25) is 0 Å². The van der Waals surface area contributed by atoms with Gasteiger partial charge in [-0.1, -0.05) is 0 Å². The molecule has 1 aliphatic carbocycles. The second-order valence-electron chi connectivity index (χ2n) is 9.48. The van der Waals surface area contributed by atoms with E-state index in [0.29, 0.717) is 23.9 Å².